The van der Waals surface area contributed by atoms with Gasteiger partial charge in [0.25, 0.3) is 5.91 Å². The van der Waals surface area contributed by atoms with Crippen molar-refractivity contribution in [1.82, 2.24) is 15.3 Å². The van der Waals surface area contributed by atoms with E-state index in [1.54, 1.807) is 13.3 Å². The lowest BCUT2D eigenvalue weighted by Crippen LogP contribution is -2.28. The maximum absolute atomic E-state index is 12.8. The summed E-state index contributed by atoms with van der Waals surface area (Å²) >= 11 is 0. The zero-order chi connectivity index (χ0) is 20.6. The summed E-state index contributed by atoms with van der Waals surface area (Å²) < 4.78 is 5.04. The summed E-state index contributed by atoms with van der Waals surface area (Å²) in [5.41, 5.74) is 3.45. The summed E-state index contributed by atoms with van der Waals surface area (Å²) in [4.78, 5) is 23.9. The van der Waals surface area contributed by atoms with Crippen LogP contribution in [0.1, 0.15) is 22.3 Å². The number of nitrogens with one attached hydrogen (secondary N) is 1. The van der Waals surface area contributed by atoms with Crippen LogP contribution in [0, 0.1) is 6.92 Å². The number of nitrogens with zero attached hydrogens (tertiary/aromatic N) is 3. The quantitative estimate of drug-likeness (QED) is 0.589. The number of amides is 1. The number of carbonyl (C=O) groups is 1. The molecule has 0 fully saturated rings. The number of hydrogen-bond donors (Lipinski definition) is 1. The topological polar surface area (TPSA) is 67.3 Å². The Morgan fingerprint density at radius 3 is 2.52 bits per heavy atom. The van der Waals surface area contributed by atoms with Crippen LogP contribution in [-0.2, 0) is 4.74 Å². The number of carbonyl (C=O) groups excluding carboxylic acids is 1. The molecule has 0 aliphatic heterocycles. The van der Waals surface area contributed by atoms with Crippen molar-refractivity contribution in [2.45, 2.75) is 13.3 Å². The van der Waals surface area contributed by atoms with Gasteiger partial charge in [0.15, 0.2) is 5.82 Å². The molecule has 150 valence electrons. The molecular formula is C23H26N4O2. The molecule has 3 aromatic rings. The Labute approximate surface area is 171 Å². The van der Waals surface area contributed by atoms with Gasteiger partial charge in [-0.3, -0.25) is 4.79 Å². The molecule has 0 spiro atoms. The molecule has 0 unspecified atom stereocenters. The Balaban J connectivity index is 1.96. The number of anilines is 2. The highest BCUT2D eigenvalue weighted by Gasteiger charge is 2.19. The van der Waals surface area contributed by atoms with Crippen LogP contribution in [0.4, 0.5) is 11.5 Å². The van der Waals surface area contributed by atoms with Crippen molar-refractivity contribution in [3.8, 4) is 11.4 Å². The van der Waals surface area contributed by atoms with Gasteiger partial charge in [0.05, 0.1) is 0 Å². The van der Waals surface area contributed by atoms with Crippen LogP contribution in [0.15, 0.2) is 60.8 Å². The molecule has 1 aromatic heterocycles. The van der Waals surface area contributed by atoms with E-state index in [1.807, 2.05) is 73.5 Å². The monoisotopic (exact) mass is 390 g/mol. The molecule has 6 heteroatoms. The molecule has 1 amide bonds. The van der Waals surface area contributed by atoms with Crippen LogP contribution >= 0.6 is 0 Å². The highest BCUT2D eigenvalue weighted by Crippen LogP contribution is 2.27. The van der Waals surface area contributed by atoms with Gasteiger partial charge in [-0.2, -0.15) is 0 Å². The third kappa shape index (κ3) is 5.18. The molecule has 1 heterocycles. The van der Waals surface area contributed by atoms with Gasteiger partial charge in [0.1, 0.15) is 11.4 Å². The molecule has 2 aromatic carbocycles. The van der Waals surface area contributed by atoms with Crippen LogP contribution in [-0.4, -0.2) is 43.2 Å². The number of hydrogen-bond acceptors (Lipinski definition) is 5. The zero-order valence-electron chi connectivity index (χ0n) is 17.1. The smallest absolute Gasteiger partial charge is 0.256 e. The van der Waals surface area contributed by atoms with E-state index in [1.165, 1.54) is 5.56 Å². The lowest BCUT2D eigenvalue weighted by atomic mass is 10.2. The van der Waals surface area contributed by atoms with Crippen molar-refractivity contribution in [3.63, 3.8) is 0 Å². The highest BCUT2D eigenvalue weighted by atomic mass is 16.5. The minimum atomic E-state index is -0.199. The van der Waals surface area contributed by atoms with Crippen molar-refractivity contribution >= 4 is 17.4 Å². The fourth-order valence-corrected chi connectivity index (χ4v) is 2.92. The van der Waals surface area contributed by atoms with E-state index >= 15 is 0 Å². The Kier molecular flexibility index (Phi) is 6.92. The Morgan fingerprint density at radius 1 is 1.10 bits per heavy atom. The number of benzene rings is 2. The average molecular weight is 390 g/mol. The third-order valence-corrected chi connectivity index (χ3v) is 4.60. The van der Waals surface area contributed by atoms with Crippen molar-refractivity contribution in [1.29, 1.82) is 0 Å². The highest BCUT2D eigenvalue weighted by molar-refractivity contribution is 5.99. The van der Waals surface area contributed by atoms with Crippen molar-refractivity contribution in [2.75, 3.05) is 32.2 Å². The van der Waals surface area contributed by atoms with Crippen LogP contribution in [0.2, 0.25) is 0 Å². The van der Waals surface area contributed by atoms with Crippen molar-refractivity contribution in [2.24, 2.45) is 0 Å². The fourth-order valence-electron chi connectivity index (χ4n) is 2.92. The van der Waals surface area contributed by atoms with Gasteiger partial charge in [-0.05, 0) is 25.5 Å². The summed E-state index contributed by atoms with van der Waals surface area (Å²) in [6, 6.07) is 17.8. The lowest BCUT2D eigenvalue weighted by molar-refractivity contribution is 0.0948. The van der Waals surface area contributed by atoms with Gasteiger partial charge in [-0.15, -0.1) is 0 Å². The van der Waals surface area contributed by atoms with Crippen LogP contribution in [0.25, 0.3) is 11.4 Å². The molecule has 0 aliphatic carbocycles. The SMILES string of the molecule is COCCCNC(=O)c1cnc(-c2ccccc2)nc1N(C)c1ccc(C)cc1. The predicted octanol–water partition coefficient (Wildman–Crippen LogP) is 3.99. The Bertz CT molecular complexity index is 943. The molecule has 6 nitrogen and oxygen atoms in total. The Hall–Kier alpha value is -3.25. The molecule has 0 bridgehead atoms. The summed E-state index contributed by atoms with van der Waals surface area (Å²) in [6.45, 7) is 3.17. The second kappa shape index (κ2) is 9.80. The first-order valence-electron chi connectivity index (χ1n) is 9.60. The van der Waals surface area contributed by atoms with Crippen LogP contribution in [0.5, 0.6) is 0 Å². The van der Waals surface area contributed by atoms with Gasteiger partial charge >= 0.3 is 0 Å². The molecular weight excluding hydrogens is 364 g/mol. The molecule has 0 atom stereocenters. The summed E-state index contributed by atoms with van der Waals surface area (Å²) in [5.74, 6) is 0.942. The van der Waals surface area contributed by atoms with E-state index in [-0.39, 0.29) is 5.91 Å². The van der Waals surface area contributed by atoms with Gasteiger partial charge in [-0.1, -0.05) is 48.0 Å². The van der Waals surface area contributed by atoms with E-state index in [9.17, 15) is 4.79 Å². The number of aryl methyl sites for hydroxylation is 1. The number of rotatable bonds is 8. The number of ether oxygens (including phenoxy) is 1. The number of methoxy groups -OCH3 is 1. The second-order valence-corrected chi connectivity index (χ2v) is 6.79. The minimum Gasteiger partial charge on any atom is -0.385 e. The normalized spacial score (nSPS) is 10.6. The summed E-state index contributed by atoms with van der Waals surface area (Å²) in [7, 11) is 3.55. The van der Waals surface area contributed by atoms with Gasteiger partial charge in [0.2, 0.25) is 0 Å². The largest absolute Gasteiger partial charge is 0.385 e. The summed E-state index contributed by atoms with van der Waals surface area (Å²) in [6.07, 6.45) is 2.34. The Morgan fingerprint density at radius 2 is 1.83 bits per heavy atom. The van der Waals surface area contributed by atoms with E-state index < -0.39 is 0 Å². The molecule has 0 saturated carbocycles. The van der Waals surface area contributed by atoms with E-state index in [4.69, 9.17) is 9.72 Å². The molecule has 29 heavy (non-hydrogen) atoms. The molecule has 1 N–H and O–H groups in total. The molecule has 0 aliphatic rings. The maximum atomic E-state index is 12.8. The fraction of sp³-hybridized carbons (Fsp3) is 0.261. The van der Waals surface area contributed by atoms with Gasteiger partial charge < -0.3 is 15.0 Å². The van der Waals surface area contributed by atoms with Crippen molar-refractivity contribution < 1.29 is 9.53 Å². The van der Waals surface area contributed by atoms with Crippen LogP contribution in [0.3, 0.4) is 0 Å². The molecule has 3 rings (SSSR count). The van der Waals surface area contributed by atoms with E-state index in [2.05, 4.69) is 10.3 Å². The van der Waals surface area contributed by atoms with E-state index in [0.29, 0.717) is 30.4 Å². The third-order valence-electron chi connectivity index (χ3n) is 4.60. The second-order valence-electron chi connectivity index (χ2n) is 6.79. The lowest BCUT2D eigenvalue weighted by Gasteiger charge is -2.22. The summed E-state index contributed by atoms with van der Waals surface area (Å²) in [5, 5.41) is 2.92. The first kappa shape index (κ1) is 20.5. The molecule has 0 radical (unpaired) electrons. The first-order chi connectivity index (χ1) is 14.1. The van der Waals surface area contributed by atoms with Gasteiger partial charge in [-0.25, -0.2) is 9.97 Å². The van der Waals surface area contributed by atoms with Crippen LogP contribution < -0.4 is 10.2 Å². The van der Waals surface area contributed by atoms with Gasteiger partial charge in [0, 0.05) is 44.8 Å². The average Bonchev–Trinajstić information content (AvgIpc) is 2.77. The minimum absolute atomic E-state index is 0.199. The van der Waals surface area contributed by atoms with E-state index in [0.717, 1.165) is 17.7 Å². The zero-order valence-corrected chi connectivity index (χ0v) is 17.1. The maximum Gasteiger partial charge on any atom is 0.256 e. The van der Waals surface area contributed by atoms with Crippen molar-refractivity contribution in [3.05, 3.63) is 71.9 Å². The number of aromatic nitrogens is 2. The molecule has 0 saturated heterocycles. The standard InChI is InChI=1S/C23H26N4O2/c1-17-10-12-19(13-11-17)27(2)22-20(23(28)24-14-7-15-29-3)16-25-21(26-22)18-8-5-4-6-9-18/h4-6,8-13,16H,7,14-15H2,1-3H3,(H,24,28). The first-order valence-corrected chi connectivity index (χ1v) is 9.60. The predicted molar refractivity (Wildman–Crippen MR) is 116 cm³/mol.